The Balaban J connectivity index is 3.05. The van der Waals surface area contributed by atoms with Gasteiger partial charge in [0.1, 0.15) is 0 Å². The number of nitrogens with one attached hydrogen (secondary N) is 1. The van der Waals surface area contributed by atoms with Crippen LogP contribution in [0.15, 0.2) is 0 Å². The van der Waals surface area contributed by atoms with Gasteiger partial charge < -0.3 is 5.32 Å². The first-order chi connectivity index (χ1) is 3.63. The average Bonchev–Trinajstić information content (AvgIpc) is 1.61. The van der Waals surface area contributed by atoms with Crippen LogP contribution in [0.1, 0.15) is 13.8 Å². The summed E-state index contributed by atoms with van der Waals surface area (Å²) in [6, 6.07) is 0. The molecule has 0 aliphatic rings. The Bertz CT molecular complexity index is 82.5. The monoisotopic (exact) mass is 227 g/mol. The summed E-state index contributed by atoms with van der Waals surface area (Å²) in [6.45, 7) is 4.90. The van der Waals surface area contributed by atoms with Crippen molar-refractivity contribution in [3.63, 3.8) is 0 Å². The van der Waals surface area contributed by atoms with E-state index < -0.39 is 0 Å². The van der Waals surface area contributed by atoms with E-state index in [9.17, 15) is 4.79 Å². The molecule has 0 heterocycles. The lowest BCUT2D eigenvalue weighted by Gasteiger charge is -2.01. The lowest BCUT2D eigenvalue weighted by atomic mass is 10.2. The van der Waals surface area contributed by atoms with Gasteiger partial charge >= 0.3 is 0 Å². The highest BCUT2D eigenvalue weighted by atomic mass is 127. The molecule has 0 aromatic carbocycles. The van der Waals surface area contributed by atoms with Crippen molar-refractivity contribution in [3.8, 4) is 0 Å². The van der Waals surface area contributed by atoms with E-state index in [1.165, 1.54) is 0 Å². The second-order valence-corrected chi connectivity index (χ2v) is 3.03. The van der Waals surface area contributed by atoms with E-state index in [0.29, 0.717) is 5.92 Å². The van der Waals surface area contributed by atoms with Gasteiger partial charge in [-0.3, -0.25) is 4.79 Å². The van der Waals surface area contributed by atoms with Gasteiger partial charge in [-0.15, -0.1) is 0 Å². The zero-order valence-corrected chi connectivity index (χ0v) is 7.23. The van der Waals surface area contributed by atoms with Crippen molar-refractivity contribution in [2.24, 2.45) is 5.92 Å². The average molecular weight is 227 g/mol. The minimum absolute atomic E-state index is 0.0244. The second-order valence-electron chi connectivity index (χ2n) is 2.05. The van der Waals surface area contributed by atoms with Crippen LogP contribution in [0.3, 0.4) is 0 Å². The van der Waals surface area contributed by atoms with E-state index in [1.807, 2.05) is 0 Å². The van der Waals surface area contributed by atoms with Crippen LogP contribution in [0.5, 0.6) is 0 Å². The predicted octanol–water partition coefficient (Wildman–Crippen LogP) is 1.79. The van der Waals surface area contributed by atoms with Gasteiger partial charge in [0.2, 0.25) is 0 Å². The van der Waals surface area contributed by atoms with Crippen molar-refractivity contribution in [3.05, 3.63) is 0 Å². The minimum atomic E-state index is 0.0244. The van der Waals surface area contributed by atoms with Crippen molar-refractivity contribution in [2.75, 3.05) is 6.54 Å². The number of carbonyl (C=O) groups excluding carboxylic acids is 1. The molecule has 3 heteroatoms. The van der Waals surface area contributed by atoms with Gasteiger partial charge in [0.25, 0.3) is 3.91 Å². The van der Waals surface area contributed by atoms with Crippen LogP contribution in [-0.2, 0) is 0 Å². The highest BCUT2D eigenvalue weighted by Gasteiger charge is 1.93. The molecule has 1 N–H and O–H groups in total. The van der Waals surface area contributed by atoms with Gasteiger partial charge in [-0.2, -0.15) is 0 Å². The number of rotatable bonds is 2. The molecule has 2 nitrogen and oxygen atoms in total. The molecule has 0 fully saturated rings. The third-order valence-corrected chi connectivity index (χ3v) is 1.03. The maximum absolute atomic E-state index is 10.2. The van der Waals surface area contributed by atoms with Crippen molar-refractivity contribution < 1.29 is 4.79 Å². The SMILES string of the molecule is CC(C)CNC(=O)I. The summed E-state index contributed by atoms with van der Waals surface area (Å²) in [5.74, 6) is 0.550. The van der Waals surface area contributed by atoms with E-state index in [1.54, 1.807) is 22.6 Å². The van der Waals surface area contributed by atoms with Crippen LogP contribution in [0.4, 0.5) is 4.79 Å². The van der Waals surface area contributed by atoms with E-state index in [2.05, 4.69) is 19.2 Å². The van der Waals surface area contributed by atoms with Crippen LogP contribution in [0.25, 0.3) is 0 Å². The molecule has 0 aliphatic heterocycles. The highest BCUT2D eigenvalue weighted by molar-refractivity contribution is 14.1. The topological polar surface area (TPSA) is 29.1 Å². The molecule has 0 bridgehead atoms. The molecule has 8 heavy (non-hydrogen) atoms. The predicted molar refractivity (Wildman–Crippen MR) is 42.3 cm³/mol. The molecule has 0 spiro atoms. The molecule has 0 rings (SSSR count). The lowest BCUT2D eigenvalue weighted by Crippen LogP contribution is -2.20. The molecule has 0 aromatic heterocycles. The molecule has 0 aliphatic carbocycles. The largest absolute Gasteiger partial charge is 0.347 e. The van der Waals surface area contributed by atoms with Crippen LogP contribution in [-0.4, -0.2) is 10.5 Å². The first-order valence-electron chi connectivity index (χ1n) is 2.56. The molecule has 48 valence electrons. The van der Waals surface area contributed by atoms with Crippen LogP contribution < -0.4 is 5.32 Å². The van der Waals surface area contributed by atoms with Crippen molar-refractivity contribution in [2.45, 2.75) is 13.8 Å². The summed E-state index contributed by atoms with van der Waals surface area (Å²) in [4.78, 5) is 10.2. The summed E-state index contributed by atoms with van der Waals surface area (Å²) in [7, 11) is 0. The maximum atomic E-state index is 10.2. The van der Waals surface area contributed by atoms with Gasteiger partial charge in [-0.05, 0) is 5.92 Å². The first-order valence-corrected chi connectivity index (χ1v) is 3.64. The normalized spacial score (nSPS) is 9.50. The molecular formula is C5H10INO. The van der Waals surface area contributed by atoms with Gasteiger partial charge in [0.05, 0.1) is 0 Å². The smallest absolute Gasteiger partial charge is 0.280 e. The van der Waals surface area contributed by atoms with Crippen molar-refractivity contribution in [1.82, 2.24) is 5.32 Å². The van der Waals surface area contributed by atoms with Crippen molar-refractivity contribution in [1.29, 1.82) is 0 Å². The van der Waals surface area contributed by atoms with Crippen LogP contribution in [0.2, 0.25) is 0 Å². The van der Waals surface area contributed by atoms with Crippen LogP contribution >= 0.6 is 22.6 Å². The van der Waals surface area contributed by atoms with E-state index in [-0.39, 0.29) is 3.91 Å². The van der Waals surface area contributed by atoms with Crippen molar-refractivity contribution >= 4 is 26.5 Å². The zero-order valence-electron chi connectivity index (χ0n) is 5.07. The fourth-order valence-corrected chi connectivity index (χ4v) is 0.505. The lowest BCUT2D eigenvalue weighted by molar-refractivity contribution is 0.262. The Morgan fingerprint density at radius 2 is 2.25 bits per heavy atom. The fourth-order valence-electron chi connectivity index (χ4n) is 0.284. The van der Waals surface area contributed by atoms with E-state index >= 15 is 0 Å². The maximum Gasteiger partial charge on any atom is 0.280 e. The molecular weight excluding hydrogens is 217 g/mol. The Kier molecular flexibility index (Phi) is 4.22. The summed E-state index contributed by atoms with van der Waals surface area (Å²) in [5, 5.41) is 2.69. The Labute approximate surface area is 63.2 Å². The van der Waals surface area contributed by atoms with E-state index in [0.717, 1.165) is 6.54 Å². The van der Waals surface area contributed by atoms with Gasteiger partial charge in [-0.1, -0.05) is 13.8 Å². The third-order valence-electron chi connectivity index (χ3n) is 0.649. The number of carbonyl (C=O) groups is 1. The molecule has 0 aromatic rings. The van der Waals surface area contributed by atoms with E-state index in [4.69, 9.17) is 0 Å². The molecule has 1 amide bonds. The Morgan fingerprint density at radius 1 is 1.75 bits per heavy atom. The van der Waals surface area contributed by atoms with Crippen LogP contribution in [0, 0.1) is 5.92 Å². The molecule has 0 saturated heterocycles. The quantitative estimate of drug-likeness (QED) is 0.435. The molecule has 0 atom stereocenters. The number of hydrogen-bond acceptors (Lipinski definition) is 1. The molecule has 0 unspecified atom stereocenters. The standard InChI is InChI=1S/C5H10INO/c1-4(2)3-7-5(6)8/h4H,3H2,1-2H3,(H,7,8). The molecule has 0 saturated carbocycles. The highest BCUT2D eigenvalue weighted by Crippen LogP contribution is 1.89. The first kappa shape index (κ1) is 8.20. The minimum Gasteiger partial charge on any atom is -0.347 e. The van der Waals surface area contributed by atoms with Gasteiger partial charge in [0, 0.05) is 29.1 Å². The summed E-state index contributed by atoms with van der Waals surface area (Å²) in [5.41, 5.74) is 0. The van der Waals surface area contributed by atoms with Gasteiger partial charge in [-0.25, -0.2) is 0 Å². The summed E-state index contributed by atoms with van der Waals surface area (Å²) >= 11 is 1.73. The number of halogens is 1. The summed E-state index contributed by atoms with van der Waals surface area (Å²) < 4.78 is 0.0244. The molecule has 0 radical (unpaired) electrons. The summed E-state index contributed by atoms with van der Waals surface area (Å²) in [6.07, 6.45) is 0. The zero-order chi connectivity index (χ0) is 6.57. The third kappa shape index (κ3) is 6.20. The van der Waals surface area contributed by atoms with Gasteiger partial charge in [0.15, 0.2) is 0 Å². The Hall–Kier alpha value is 0.200. The number of amides is 1. The Morgan fingerprint density at radius 3 is 2.38 bits per heavy atom. The second kappa shape index (κ2) is 4.12. The fraction of sp³-hybridized carbons (Fsp3) is 0.800. The number of hydrogen-bond donors (Lipinski definition) is 1.